The Balaban J connectivity index is 1.57. The molecule has 0 radical (unpaired) electrons. The van der Waals surface area contributed by atoms with Gasteiger partial charge in [0.05, 0.1) is 12.0 Å². The number of benzene rings is 1. The lowest BCUT2D eigenvalue weighted by molar-refractivity contribution is -0.129. The van der Waals surface area contributed by atoms with E-state index in [0.29, 0.717) is 32.5 Å². The molecule has 1 aromatic heterocycles. The first-order chi connectivity index (χ1) is 12.6. The Labute approximate surface area is 153 Å². The summed E-state index contributed by atoms with van der Waals surface area (Å²) in [4.78, 5) is 27.4. The molecule has 0 saturated carbocycles. The quantitative estimate of drug-likeness (QED) is 0.890. The molecule has 0 unspecified atom stereocenters. The number of nitrogens with zero attached hydrogens (tertiary/aromatic N) is 3. The number of amides is 2. The predicted molar refractivity (Wildman–Crippen MR) is 97.4 cm³/mol. The zero-order chi connectivity index (χ0) is 18.1. The Morgan fingerprint density at radius 1 is 1.38 bits per heavy atom. The Bertz CT molecular complexity index is 817. The minimum atomic E-state index is -0.656. The number of nitrogens with one attached hydrogen (secondary N) is 1. The van der Waals surface area contributed by atoms with Crippen LogP contribution in [0.3, 0.4) is 0 Å². The number of hydrogen-bond acceptors (Lipinski definition) is 3. The lowest BCUT2D eigenvalue weighted by Crippen LogP contribution is -2.47. The highest BCUT2D eigenvalue weighted by atomic mass is 16.2. The minimum absolute atomic E-state index is 0.0115. The third-order valence-electron chi connectivity index (χ3n) is 5.67. The molecule has 2 aliphatic rings. The Hall–Kier alpha value is -2.63. The summed E-state index contributed by atoms with van der Waals surface area (Å²) in [6.07, 6.45) is 5.78. The number of aryl methyl sites for hydroxylation is 1. The van der Waals surface area contributed by atoms with Crippen LogP contribution in [0.5, 0.6) is 0 Å². The summed E-state index contributed by atoms with van der Waals surface area (Å²) >= 11 is 0. The van der Waals surface area contributed by atoms with Gasteiger partial charge in [0.15, 0.2) is 0 Å². The maximum atomic E-state index is 13.3. The number of rotatable bonds is 5. The first-order valence-electron chi connectivity index (χ1n) is 9.21. The molecule has 2 atom stereocenters. The normalized spacial score (nSPS) is 24.7. The van der Waals surface area contributed by atoms with Crippen LogP contribution in [0.1, 0.15) is 30.4 Å². The van der Waals surface area contributed by atoms with Crippen LogP contribution in [0.2, 0.25) is 0 Å². The molecule has 26 heavy (non-hydrogen) atoms. The maximum Gasteiger partial charge on any atom is 0.232 e. The van der Waals surface area contributed by atoms with E-state index >= 15 is 0 Å². The van der Waals surface area contributed by atoms with Crippen LogP contribution >= 0.6 is 0 Å². The van der Waals surface area contributed by atoms with E-state index in [1.54, 1.807) is 10.9 Å². The molecule has 136 valence electrons. The van der Waals surface area contributed by atoms with Crippen molar-refractivity contribution in [3.8, 4) is 0 Å². The molecule has 6 nitrogen and oxygen atoms in total. The third-order valence-corrected chi connectivity index (χ3v) is 5.67. The van der Waals surface area contributed by atoms with Crippen molar-refractivity contribution in [1.29, 1.82) is 0 Å². The molecular weight excluding hydrogens is 328 g/mol. The van der Waals surface area contributed by atoms with Crippen molar-refractivity contribution in [3.05, 3.63) is 53.9 Å². The fourth-order valence-electron chi connectivity index (χ4n) is 4.31. The number of hydrogen-bond donors (Lipinski definition) is 1. The van der Waals surface area contributed by atoms with Gasteiger partial charge in [-0.3, -0.25) is 14.3 Å². The highest BCUT2D eigenvalue weighted by molar-refractivity contribution is 5.91. The van der Waals surface area contributed by atoms with Crippen LogP contribution in [-0.4, -0.2) is 45.6 Å². The molecule has 2 fully saturated rings. The molecule has 3 heterocycles. The monoisotopic (exact) mass is 352 g/mol. The molecule has 0 bridgehead atoms. The topological polar surface area (TPSA) is 67.2 Å². The number of carbonyl (C=O) groups is 2. The fraction of sp³-hybridized carbons (Fsp3) is 0.450. The molecule has 6 heteroatoms. The highest BCUT2D eigenvalue weighted by Crippen LogP contribution is 2.43. The van der Waals surface area contributed by atoms with Gasteiger partial charge in [-0.25, -0.2) is 0 Å². The predicted octanol–water partition coefficient (Wildman–Crippen LogP) is 1.64. The highest BCUT2D eigenvalue weighted by Gasteiger charge is 2.53. The zero-order valence-electron chi connectivity index (χ0n) is 15.0. The second-order valence-corrected chi connectivity index (χ2v) is 7.39. The molecule has 2 saturated heterocycles. The van der Waals surface area contributed by atoms with Gasteiger partial charge in [-0.1, -0.05) is 29.8 Å². The summed E-state index contributed by atoms with van der Waals surface area (Å²) in [6, 6.07) is 10.2. The van der Waals surface area contributed by atoms with Gasteiger partial charge in [0, 0.05) is 37.9 Å². The van der Waals surface area contributed by atoms with Crippen LogP contribution in [0, 0.1) is 6.92 Å². The summed E-state index contributed by atoms with van der Waals surface area (Å²) in [7, 11) is 0. The van der Waals surface area contributed by atoms with Crippen molar-refractivity contribution in [2.75, 3.05) is 13.1 Å². The Morgan fingerprint density at radius 3 is 3.00 bits per heavy atom. The molecule has 2 amide bonds. The van der Waals surface area contributed by atoms with Crippen LogP contribution in [0.15, 0.2) is 42.7 Å². The molecule has 1 N–H and O–H groups in total. The largest absolute Gasteiger partial charge is 0.353 e. The van der Waals surface area contributed by atoms with E-state index in [1.807, 2.05) is 42.3 Å². The minimum Gasteiger partial charge on any atom is -0.353 e. The summed E-state index contributed by atoms with van der Waals surface area (Å²) in [5.41, 5.74) is 1.48. The molecular formula is C20H24N4O2. The van der Waals surface area contributed by atoms with Gasteiger partial charge < -0.3 is 10.2 Å². The van der Waals surface area contributed by atoms with E-state index in [9.17, 15) is 9.59 Å². The third kappa shape index (κ3) is 2.89. The summed E-state index contributed by atoms with van der Waals surface area (Å²) in [6.45, 7) is 3.67. The van der Waals surface area contributed by atoms with Crippen LogP contribution in [0.25, 0.3) is 0 Å². The zero-order valence-corrected chi connectivity index (χ0v) is 15.0. The lowest BCUT2D eigenvalue weighted by Gasteiger charge is -2.29. The smallest absolute Gasteiger partial charge is 0.232 e. The van der Waals surface area contributed by atoms with Gasteiger partial charge >= 0.3 is 0 Å². The second-order valence-electron chi connectivity index (χ2n) is 7.39. The first-order valence-corrected chi connectivity index (χ1v) is 9.21. The number of carbonyl (C=O) groups excluding carboxylic acids is 2. The van der Waals surface area contributed by atoms with Gasteiger partial charge in [-0.15, -0.1) is 0 Å². The second kappa shape index (κ2) is 6.59. The number of fused-ring (bicyclic) bond motifs is 1. The van der Waals surface area contributed by atoms with Crippen molar-refractivity contribution < 1.29 is 9.59 Å². The van der Waals surface area contributed by atoms with E-state index < -0.39 is 5.41 Å². The van der Waals surface area contributed by atoms with Crippen molar-refractivity contribution in [3.63, 3.8) is 0 Å². The Kier molecular flexibility index (Phi) is 4.26. The lowest BCUT2D eigenvalue weighted by atomic mass is 9.76. The van der Waals surface area contributed by atoms with Gasteiger partial charge in [-0.05, 0) is 31.4 Å². The van der Waals surface area contributed by atoms with E-state index in [0.717, 1.165) is 17.5 Å². The first kappa shape index (κ1) is 16.8. The molecule has 0 aliphatic carbocycles. The van der Waals surface area contributed by atoms with E-state index in [2.05, 4.69) is 16.5 Å². The maximum absolute atomic E-state index is 13.3. The van der Waals surface area contributed by atoms with Gasteiger partial charge in [0.2, 0.25) is 11.8 Å². The SMILES string of the molecule is Cc1cccc([C@]2(C(=O)NCCn3cccn3)C[C@@H]3CCC(=O)N3C2)c1. The average molecular weight is 352 g/mol. The van der Waals surface area contributed by atoms with Gasteiger partial charge in [0.25, 0.3) is 0 Å². The van der Waals surface area contributed by atoms with Crippen molar-refractivity contribution in [2.24, 2.45) is 0 Å². The van der Waals surface area contributed by atoms with Crippen molar-refractivity contribution in [2.45, 2.75) is 44.2 Å². The van der Waals surface area contributed by atoms with Crippen LogP contribution < -0.4 is 5.32 Å². The molecule has 2 aliphatic heterocycles. The molecule has 4 rings (SSSR count). The van der Waals surface area contributed by atoms with E-state index in [4.69, 9.17) is 0 Å². The number of aromatic nitrogens is 2. The summed E-state index contributed by atoms with van der Waals surface area (Å²) in [5.74, 6) is 0.186. The van der Waals surface area contributed by atoms with Crippen molar-refractivity contribution in [1.82, 2.24) is 20.0 Å². The van der Waals surface area contributed by atoms with E-state index in [1.165, 1.54) is 0 Å². The molecule has 2 aromatic rings. The van der Waals surface area contributed by atoms with Gasteiger partial charge in [0.1, 0.15) is 0 Å². The molecule has 1 aromatic carbocycles. The van der Waals surface area contributed by atoms with E-state index in [-0.39, 0.29) is 17.9 Å². The Morgan fingerprint density at radius 2 is 2.27 bits per heavy atom. The van der Waals surface area contributed by atoms with Crippen LogP contribution in [0.4, 0.5) is 0 Å². The summed E-state index contributed by atoms with van der Waals surface area (Å²) < 4.78 is 1.80. The van der Waals surface area contributed by atoms with Gasteiger partial charge in [-0.2, -0.15) is 5.10 Å². The fourth-order valence-corrected chi connectivity index (χ4v) is 4.31. The summed E-state index contributed by atoms with van der Waals surface area (Å²) in [5, 5.41) is 7.25. The van der Waals surface area contributed by atoms with Crippen molar-refractivity contribution >= 4 is 11.8 Å². The standard InChI is InChI=1S/C20H24N4O2/c1-15-4-2-5-16(12-15)20(13-17-6-7-18(25)24(17)14-20)19(26)21-9-11-23-10-3-8-22-23/h2-5,8,10,12,17H,6-7,9,11,13-14H2,1H3,(H,21,26)/t17-,20-/m0/s1. The van der Waals surface area contributed by atoms with Crippen LogP contribution in [-0.2, 0) is 21.5 Å². The molecule has 0 spiro atoms. The average Bonchev–Trinajstić information content (AvgIpc) is 3.34.